The van der Waals surface area contributed by atoms with Crippen LogP contribution in [0.4, 0.5) is 5.69 Å². The average molecular weight is 390 g/mol. The Bertz CT molecular complexity index is 1040. The number of fused-ring (bicyclic) bond motifs is 1. The number of esters is 1. The van der Waals surface area contributed by atoms with E-state index in [-0.39, 0.29) is 17.4 Å². The Kier molecular flexibility index (Phi) is 6.34. The van der Waals surface area contributed by atoms with Crippen LogP contribution in [-0.2, 0) is 9.53 Å². The highest BCUT2D eigenvalue weighted by atomic mass is 16.5. The third kappa shape index (κ3) is 5.04. The molecule has 29 heavy (non-hydrogen) atoms. The van der Waals surface area contributed by atoms with Crippen LogP contribution in [0.2, 0.25) is 0 Å². The molecule has 0 bridgehead atoms. The zero-order valence-electron chi connectivity index (χ0n) is 16.3. The number of carbonyl (C=O) groups is 3. The maximum Gasteiger partial charge on any atom is 0.357 e. The number of rotatable bonds is 7. The van der Waals surface area contributed by atoms with Crippen molar-refractivity contribution in [2.24, 2.45) is 0 Å². The van der Waals surface area contributed by atoms with Crippen LogP contribution in [0.3, 0.4) is 0 Å². The lowest BCUT2D eigenvalue weighted by molar-refractivity contribution is -0.116. The van der Waals surface area contributed by atoms with Crippen molar-refractivity contribution in [3.05, 3.63) is 71.9 Å². The summed E-state index contributed by atoms with van der Waals surface area (Å²) in [6.45, 7) is 3.45. The van der Waals surface area contributed by atoms with Gasteiger partial charge in [-0.3, -0.25) is 9.59 Å². The summed E-state index contributed by atoms with van der Waals surface area (Å²) in [5.74, 6) is -1.05. The Morgan fingerprint density at radius 3 is 2.45 bits per heavy atom. The molecular formula is C23H22N2O4. The van der Waals surface area contributed by atoms with Crippen molar-refractivity contribution >= 4 is 34.3 Å². The van der Waals surface area contributed by atoms with Crippen LogP contribution < -0.4 is 5.32 Å². The van der Waals surface area contributed by atoms with Gasteiger partial charge in [-0.25, -0.2) is 9.78 Å². The number of nitrogens with one attached hydrogen (secondary N) is 1. The predicted octanol–water partition coefficient (Wildman–Crippen LogP) is 4.40. The molecule has 1 aromatic heterocycles. The van der Waals surface area contributed by atoms with E-state index in [1.165, 1.54) is 6.92 Å². The van der Waals surface area contributed by atoms with Gasteiger partial charge in [-0.2, -0.15) is 0 Å². The minimum Gasteiger partial charge on any atom is -0.450 e. The van der Waals surface area contributed by atoms with Crippen molar-refractivity contribution in [1.29, 1.82) is 0 Å². The highest BCUT2D eigenvalue weighted by molar-refractivity contribution is 6.02. The van der Waals surface area contributed by atoms with Gasteiger partial charge in [0.1, 0.15) is 5.69 Å². The number of ether oxygens (including phenoxy) is 1. The molecule has 0 aliphatic rings. The first kappa shape index (κ1) is 20.2. The third-order valence-electron chi connectivity index (χ3n) is 4.39. The minimum atomic E-state index is -0.962. The fourth-order valence-electron chi connectivity index (χ4n) is 2.86. The SMILES string of the molecule is CCCC(=O)Nc1ccc(C(=O)C(C)OC(=O)c2ccc3ccccc3n2)cc1. The van der Waals surface area contributed by atoms with Gasteiger partial charge in [0.2, 0.25) is 11.7 Å². The number of Topliss-reactive ketones (excluding diaryl/α,β-unsaturated/α-hetero) is 1. The summed E-state index contributed by atoms with van der Waals surface area (Å²) in [5, 5.41) is 3.68. The van der Waals surface area contributed by atoms with Crippen LogP contribution in [0.5, 0.6) is 0 Å². The molecule has 148 valence electrons. The van der Waals surface area contributed by atoms with Gasteiger partial charge in [0.25, 0.3) is 0 Å². The van der Waals surface area contributed by atoms with Crippen LogP contribution in [0, 0.1) is 0 Å². The summed E-state index contributed by atoms with van der Waals surface area (Å²) >= 11 is 0. The molecule has 1 heterocycles. The molecule has 0 fully saturated rings. The molecule has 0 aliphatic carbocycles. The number of amides is 1. The number of aromatic nitrogens is 1. The van der Waals surface area contributed by atoms with Gasteiger partial charge in [0.15, 0.2) is 6.10 Å². The summed E-state index contributed by atoms with van der Waals surface area (Å²) < 4.78 is 5.31. The van der Waals surface area contributed by atoms with Crippen molar-refractivity contribution in [2.75, 3.05) is 5.32 Å². The molecule has 0 spiro atoms. The second kappa shape index (κ2) is 9.10. The van der Waals surface area contributed by atoms with E-state index < -0.39 is 12.1 Å². The van der Waals surface area contributed by atoms with Crippen LogP contribution in [-0.4, -0.2) is 28.7 Å². The lowest BCUT2D eigenvalue weighted by Gasteiger charge is -2.13. The number of ketones is 1. The van der Waals surface area contributed by atoms with Crippen molar-refractivity contribution in [1.82, 2.24) is 4.98 Å². The summed E-state index contributed by atoms with van der Waals surface area (Å²) in [6.07, 6.45) is 0.240. The van der Waals surface area contributed by atoms with Crippen molar-refractivity contribution in [3.8, 4) is 0 Å². The van der Waals surface area contributed by atoms with Crippen LogP contribution >= 0.6 is 0 Å². The molecule has 0 aliphatic heterocycles. The van der Waals surface area contributed by atoms with Gasteiger partial charge < -0.3 is 10.1 Å². The zero-order chi connectivity index (χ0) is 20.8. The van der Waals surface area contributed by atoms with E-state index in [1.54, 1.807) is 36.4 Å². The fourth-order valence-corrected chi connectivity index (χ4v) is 2.86. The minimum absolute atomic E-state index is 0.0724. The van der Waals surface area contributed by atoms with E-state index in [0.29, 0.717) is 23.2 Å². The number of nitrogens with zero attached hydrogens (tertiary/aromatic N) is 1. The van der Waals surface area contributed by atoms with Gasteiger partial charge in [-0.05, 0) is 49.7 Å². The van der Waals surface area contributed by atoms with Crippen molar-refractivity contribution in [3.63, 3.8) is 0 Å². The molecule has 0 radical (unpaired) electrons. The molecule has 1 atom stereocenters. The summed E-state index contributed by atoms with van der Waals surface area (Å²) in [7, 11) is 0. The standard InChI is InChI=1S/C23H22N2O4/c1-3-6-21(26)24-18-12-9-17(10-13-18)22(27)15(2)29-23(28)20-14-11-16-7-4-5-8-19(16)25-20/h4-5,7-15H,3,6H2,1-2H3,(H,24,26). The smallest absolute Gasteiger partial charge is 0.357 e. The third-order valence-corrected chi connectivity index (χ3v) is 4.39. The lowest BCUT2D eigenvalue weighted by atomic mass is 10.1. The molecule has 2 aromatic carbocycles. The maximum absolute atomic E-state index is 12.6. The Hall–Kier alpha value is -3.54. The van der Waals surface area contributed by atoms with Crippen LogP contribution in [0.15, 0.2) is 60.7 Å². The highest BCUT2D eigenvalue weighted by Crippen LogP contribution is 2.15. The highest BCUT2D eigenvalue weighted by Gasteiger charge is 2.21. The number of pyridine rings is 1. The molecule has 0 saturated heterocycles. The van der Waals surface area contributed by atoms with E-state index >= 15 is 0 Å². The van der Waals surface area contributed by atoms with Crippen LogP contribution in [0.25, 0.3) is 10.9 Å². The summed E-state index contributed by atoms with van der Waals surface area (Å²) in [6, 6.07) is 17.3. The molecule has 6 heteroatoms. The summed E-state index contributed by atoms with van der Waals surface area (Å²) in [4.78, 5) is 40.9. The average Bonchev–Trinajstić information content (AvgIpc) is 2.73. The van der Waals surface area contributed by atoms with E-state index in [2.05, 4.69) is 10.3 Å². The number of benzene rings is 2. The Morgan fingerprint density at radius 2 is 1.72 bits per heavy atom. The van der Waals surface area contributed by atoms with E-state index in [9.17, 15) is 14.4 Å². The first-order valence-electron chi connectivity index (χ1n) is 9.49. The Labute approximate surface area is 168 Å². The number of para-hydroxylation sites is 1. The lowest BCUT2D eigenvalue weighted by Crippen LogP contribution is -2.25. The second-order valence-corrected chi connectivity index (χ2v) is 6.68. The second-order valence-electron chi connectivity index (χ2n) is 6.68. The molecule has 3 aromatic rings. The molecule has 0 saturated carbocycles. The maximum atomic E-state index is 12.6. The van der Waals surface area contributed by atoms with Gasteiger partial charge in [-0.1, -0.05) is 31.2 Å². The Morgan fingerprint density at radius 1 is 1.00 bits per heavy atom. The molecule has 1 N–H and O–H groups in total. The molecular weight excluding hydrogens is 368 g/mol. The van der Waals surface area contributed by atoms with Gasteiger partial charge >= 0.3 is 5.97 Å². The topological polar surface area (TPSA) is 85.4 Å². The summed E-state index contributed by atoms with van der Waals surface area (Å²) in [5.41, 5.74) is 1.84. The first-order chi connectivity index (χ1) is 14.0. The first-order valence-corrected chi connectivity index (χ1v) is 9.49. The van der Waals surface area contributed by atoms with Gasteiger partial charge in [-0.15, -0.1) is 0 Å². The number of anilines is 1. The van der Waals surface area contributed by atoms with E-state index in [4.69, 9.17) is 4.74 Å². The van der Waals surface area contributed by atoms with Gasteiger partial charge in [0, 0.05) is 23.1 Å². The number of carbonyl (C=O) groups excluding carboxylic acids is 3. The molecule has 6 nitrogen and oxygen atoms in total. The Balaban J connectivity index is 1.64. The zero-order valence-corrected chi connectivity index (χ0v) is 16.3. The molecule has 1 amide bonds. The molecule has 1 unspecified atom stereocenters. The number of hydrogen-bond acceptors (Lipinski definition) is 5. The quantitative estimate of drug-likeness (QED) is 0.477. The largest absolute Gasteiger partial charge is 0.450 e. The predicted molar refractivity (Wildman–Crippen MR) is 111 cm³/mol. The van der Waals surface area contributed by atoms with Crippen LogP contribution in [0.1, 0.15) is 47.5 Å². The monoisotopic (exact) mass is 390 g/mol. The van der Waals surface area contributed by atoms with Crippen molar-refractivity contribution in [2.45, 2.75) is 32.8 Å². The van der Waals surface area contributed by atoms with Crippen molar-refractivity contribution < 1.29 is 19.1 Å². The molecule has 3 rings (SSSR count). The van der Waals surface area contributed by atoms with E-state index in [1.807, 2.05) is 31.2 Å². The fraction of sp³-hybridized carbons (Fsp3) is 0.217. The normalized spacial score (nSPS) is 11.7. The van der Waals surface area contributed by atoms with E-state index in [0.717, 1.165) is 11.8 Å². The van der Waals surface area contributed by atoms with Gasteiger partial charge in [0.05, 0.1) is 5.52 Å². The number of hydrogen-bond donors (Lipinski definition) is 1.